The smallest absolute Gasteiger partial charge is 0.277 e. The lowest BCUT2D eigenvalue weighted by molar-refractivity contribution is -0.155. The predicted octanol–water partition coefficient (Wildman–Crippen LogP) is 2.35. The monoisotopic (exact) mass is 278 g/mol. The largest absolute Gasteiger partial charge is 0.331 e. The molecule has 0 bridgehead atoms. The molecular weight excluding hydrogens is 256 g/mol. The molecular formula is C15H22N2O3. The van der Waals surface area contributed by atoms with Gasteiger partial charge in [0.15, 0.2) is 0 Å². The molecule has 1 spiro atoms. The first-order valence-corrected chi connectivity index (χ1v) is 7.84. The number of nitrogens with one attached hydrogen (secondary N) is 1. The van der Waals surface area contributed by atoms with Gasteiger partial charge in [0.2, 0.25) is 11.8 Å². The average molecular weight is 278 g/mol. The molecule has 20 heavy (non-hydrogen) atoms. The van der Waals surface area contributed by atoms with Gasteiger partial charge < -0.3 is 0 Å². The summed E-state index contributed by atoms with van der Waals surface area (Å²) in [5.74, 6) is -0.586. The molecule has 1 heterocycles. The molecule has 1 N–H and O–H groups in total. The average Bonchev–Trinajstić information content (AvgIpc) is 2.48. The Morgan fingerprint density at radius 3 is 2.15 bits per heavy atom. The summed E-state index contributed by atoms with van der Waals surface area (Å²) >= 11 is 0. The summed E-state index contributed by atoms with van der Waals surface area (Å²) < 4.78 is 0. The van der Waals surface area contributed by atoms with E-state index in [0.717, 1.165) is 44.9 Å². The van der Waals surface area contributed by atoms with Crippen LogP contribution in [0.4, 0.5) is 4.79 Å². The molecule has 3 fully saturated rings. The Bertz CT molecular complexity index is 434. The molecule has 0 unspecified atom stereocenters. The third-order valence-electron chi connectivity index (χ3n) is 5.15. The van der Waals surface area contributed by atoms with E-state index in [-0.39, 0.29) is 17.9 Å². The van der Waals surface area contributed by atoms with Crippen LogP contribution in [0, 0.1) is 5.41 Å². The van der Waals surface area contributed by atoms with Crippen molar-refractivity contribution in [1.82, 2.24) is 10.2 Å². The topological polar surface area (TPSA) is 66.5 Å². The maximum Gasteiger partial charge on any atom is 0.331 e. The number of hydrogen-bond donors (Lipinski definition) is 1. The van der Waals surface area contributed by atoms with E-state index in [1.807, 2.05) is 0 Å². The highest BCUT2D eigenvalue weighted by Gasteiger charge is 2.55. The fourth-order valence-corrected chi connectivity index (χ4v) is 3.96. The summed E-state index contributed by atoms with van der Waals surface area (Å²) in [6, 6.07) is -0.508. The van der Waals surface area contributed by atoms with Crippen molar-refractivity contribution in [2.45, 2.75) is 70.3 Å². The van der Waals surface area contributed by atoms with Gasteiger partial charge >= 0.3 is 6.03 Å². The number of carbonyl (C=O) groups is 3. The first-order chi connectivity index (χ1) is 9.65. The number of urea groups is 1. The second kappa shape index (κ2) is 5.19. The van der Waals surface area contributed by atoms with Gasteiger partial charge in [-0.25, -0.2) is 4.79 Å². The van der Waals surface area contributed by atoms with Gasteiger partial charge in [0.25, 0.3) is 0 Å². The quantitative estimate of drug-likeness (QED) is 0.749. The summed E-state index contributed by atoms with van der Waals surface area (Å²) in [6.45, 7) is 0. The van der Waals surface area contributed by atoms with E-state index in [9.17, 15) is 14.4 Å². The Kier molecular flexibility index (Phi) is 3.52. The second-order valence-electron chi connectivity index (χ2n) is 6.37. The van der Waals surface area contributed by atoms with Crippen LogP contribution in [0.2, 0.25) is 0 Å². The van der Waals surface area contributed by atoms with Gasteiger partial charge in [-0.2, -0.15) is 0 Å². The molecule has 0 atom stereocenters. The van der Waals surface area contributed by atoms with Gasteiger partial charge in [0, 0.05) is 6.04 Å². The van der Waals surface area contributed by atoms with Crippen LogP contribution in [0.3, 0.4) is 0 Å². The van der Waals surface area contributed by atoms with Crippen LogP contribution in [0.5, 0.6) is 0 Å². The van der Waals surface area contributed by atoms with Gasteiger partial charge in [-0.15, -0.1) is 0 Å². The van der Waals surface area contributed by atoms with Crippen LogP contribution in [0.15, 0.2) is 0 Å². The predicted molar refractivity (Wildman–Crippen MR) is 72.8 cm³/mol. The van der Waals surface area contributed by atoms with Crippen LogP contribution in [0.25, 0.3) is 0 Å². The third-order valence-corrected chi connectivity index (χ3v) is 5.15. The summed E-state index contributed by atoms with van der Waals surface area (Å²) in [7, 11) is 0. The molecule has 0 aromatic carbocycles. The molecule has 1 aliphatic heterocycles. The van der Waals surface area contributed by atoms with Crippen molar-refractivity contribution in [1.29, 1.82) is 0 Å². The van der Waals surface area contributed by atoms with E-state index in [2.05, 4.69) is 5.32 Å². The summed E-state index contributed by atoms with van der Waals surface area (Å²) in [5.41, 5.74) is -0.955. The minimum Gasteiger partial charge on any atom is -0.277 e. The number of barbiturate groups is 1. The molecule has 2 saturated carbocycles. The normalized spacial score (nSPS) is 27.8. The minimum absolute atomic E-state index is 0.0110. The lowest BCUT2D eigenvalue weighted by Crippen LogP contribution is -2.66. The van der Waals surface area contributed by atoms with Gasteiger partial charge in [-0.05, 0) is 25.7 Å². The number of hydrogen-bond acceptors (Lipinski definition) is 3. The number of carbonyl (C=O) groups excluding carboxylic acids is 3. The van der Waals surface area contributed by atoms with Crippen molar-refractivity contribution in [3.8, 4) is 0 Å². The Balaban J connectivity index is 1.88. The number of amides is 4. The first-order valence-electron chi connectivity index (χ1n) is 7.84. The molecule has 0 radical (unpaired) electrons. The summed E-state index contributed by atoms with van der Waals surface area (Å²) in [6.07, 6.45) is 9.09. The minimum atomic E-state index is -0.955. The number of rotatable bonds is 1. The molecule has 5 nitrogen and oxygen atoms in total. The molecule has 5 heteroatoms. The Hall–Kier alpha value is -1.39. The van der Waals surface area contributed by atoms with E-state index in [0.29, 0.717) is 12.8 Å². The lowest BCUT2D eigenvalue weighted by atomic mass is 9.71. The van der Waals surface area contributed by atoms with Crippen molar-refractivity contribution < 1.29 is 14.4 Å². The van der Waals surface area contributed by atoms with Gasteiger partial charge in [-0.3, -0.25) is 19.8 Å². The lowest BCUT2D eigenvalue weighted by Gasteiger charge is -2.44. The first kappa shape index (κ1) is 13.6. The highest BCUT2D eigenvalue weighted by molar-refractivity contribution is 6.19. The van der Waals surface area contributed by atoms with Crippen LogP contribution in [-0.4, -0.2) is 28.8 Å². The molecule has 3 aliphatic rings. The molecule has 0 aromatic rings. The molecule has 0 aromatic heterocycles. The molecule has 3 rings (SSSR count). The van der Waals surface area contributed by atoms with E-state index >= 15 is 0 Å². The fraction of sp³-hybridized carbons (Fsp3) is 0.800. The molecule has 2 aliphatic carbocycles. The fourth-order valence-electron chi connectivity index (χ4n) is 3.96. The Morgan fingerprint density at radius 1 is 0.900 bits per heavy atom. The number of nitrogens with zero attached hydrogens (tertiary/aromatic N) is 1. The van der Waals surface area contributed by atoms with Crippen LogP contribution in [-0.2, 0) is 9.59 Å². The third kappa shape index (κ3) is 2.03. The molecule has 1 saturated heterocycles. The molecule has 4 amide bonds. The molecule has 110 valence electrons. The highest BCUT2D eigenvalue weighted by Crippen LogP contribution is 2.41. The number of imide groups is 2. The van der Waals surface area contributed by atoms with Gasteiger partial charge in [-0.1, -0.05) is 38.5 Å². The summed E-state index contributed by atoms with van der Waals surface area (Å²) in [5, 5.41) is 2.44. The maximum atomic E-state index is 12.9. The Morgan fingerprint density at radius 2 is 1.50 bits per heavy atom. The van der Waals surface area contributed by atoms with E-state index in [1.54, 1.807) is 0 Å². The van der Waals surface area contributed by atoms with Crippen LogP contribution < -0.4 is 5.32 Å². The zero-order valence-corrected chi connectivity index (χ0v) is 11.8. The van der Waals surface area contributed by atoms with Crippen molar-refractivity contribution in [2.75, 3.05) is 0 Å². The van der Waals surface area contributed by atoms with Crippen molar-refractivity contribution in [3.05, 3.63) is 0 Å². The second-order valence-corrected chi connectivity index (χ2v) is 6.37. The van der Waals surface area contributed by atoms with E-state index < -0.39 is 11.4 Å². The Labute approximate surface area is 119 Å². The SMILES string of the molecule is O=C1NC(=O)C2(CCCCC2)C(=O)N1C1CCCCC1. The zero-order valence-electron chi connectivity index (χ0n) is 11.8. The van der Waals surface area contributed by atoms with Crippen molar-refractivity contribution in [3.63, 3.8) is 0 Å². The summed E-state index contributed by atoms with van der Waals surface area (Å²) in [4.78, 5) is 38.6. The maximum absolute atomic E-state index is 12.9. The van der Waals surface area contributed by atoms with Crippen molar-refractivity contribution >= 4 is 17.8 Å². The van der Waals surface area contributed by atoms with Gasteiger partial charge in [0.05, 0.1) is 0 Å². The van der Waals surface area contributed by atoms with E-state index in [1.165, 1.54) is 11.3 Å². The van der Waals surface area contributed by atoms with Crippen LogP contribution in [0.1, 0.15) is 64.2 Å². The van der Waals surface area contributed by atoms with Gasteiger partial charge in [0.1, 0.15) is 5.41 Å². The zero-order chi connectivity index (χ0) is 14.2. The highest BCUT2D eigenvalue weighted by atomic mass is 16.2. The van der Waals surface area contributed by atoms with Crippen LogP contribution >= 0.6 is 0 Å². The standard InChI is InChI=1S/C15H22N2O3/c18-12-15(9-5-2-6-10-15)13(19)17(14(20)16-12)11-7-3-1-4-8-11/h11H,1-10H2,(H,16,18,20). The van der Waals surface area contributed by atoms with E-state index in [4.69, 9.17) is 0 Å². The van der Waals surface area contributed by atoms with Crippen molar-refractivity contribution in [2.24, 2.45) is 5.41 Å².